The molecule has 0 radical (unpaired) electrons. The number of hydrogen-bond donors (Lipinski definition) is 0. The molecule has 2 heteroatoms. The third-order valence-corrected chi connectivity index (χ3v) is 2.03. The molecule has 2 nitrogen and oxygen atoms in total. The molecular formula is C10H16O2. The molecule has 0 fully saturated rings. The summed E-state index contributed by atoms with van der Waals surface area (Å²) in [6.07, 6.45) is 7.10. The van der Waals surface area contributed by atoms with E-state index in [9.17, 15) is 4.79 Å². The summed E-state index contributed by atoms with van der Waals surface area (Å²) in [6.45, 7) is 2.72. The van der Waals surface area contributed by atoms with E-state index in [0.717, 1.165) is 37.7 Å². The van der Waals surface area contributed by atoms with Crippen LogP contribution in [-0.2, 0) is 9.53 Å². The average molecular weight is 168 g/mol. The number of carbonyl (C=O) groups is 1. The molecule has 0 aromatic carbocycles. The van der Waals surface area contributed by atoms with E-state index in [2.05, 4.69) is 6.92 Å². The van der Waals surface area contributed by atoms with Crippen LogP contribution in [-0.4, -0.2) is 12.6 Å². The molecule has 0 unspecified atom stereocenters. The molecule has 1 rings (SSSR count). The number of unbranched alkanes of at least 4 members (excludes halogenated alkanes) is 1. The van der Waals surface area contributed by atoms with Gasteiger partial charge < -0.3 is 4.74 Å². The minimum Gasteiger partial charge on any atom is -0.462 e. The Morgan fingerprint density at radius 3 is 3.17 bits per heavy atom. The fourth-order valence-corrected chi connectivity index (χ4v) is 1.27. The van der Waals surface area contributed by atoms with Gasteiger partial charge in [0.25, 0.3) is 0 Å². The SMILES string of the molecule is CCCCC1=CCCCOC1=O. The van der Waals surface area contributed by atoms with E-state index in [-0.39, 0.29) is 5.97 Å². The molecule has 1 aliphatic heterocycles. The summed E-state index contributed by atoms with van der Waals surface area (Å²) in [6, 6.07) is 0. The third-order valence-electron chi connectivity index (χ3n) is 2.03. The summed E-state index contributed by atoms with van der Waals surface area (Å²) < 4.78 is 5.01. The van der Waals surface area contributed by atoms with Crippen LogP contribution in [0.2, 0.25) is 0 Å². The Labute approximate surface area is 73.6 Å². The van der Waals surface area contributed by atoms with Gasteiger partial charge in [0.1, 0.15) is 0 Å². The quantitative estimate of drug-likeness (QED) is 0.605. The molecule has 68 valence electrons. The van der Waals surface area contributed by atoms with Crippen LogP contribution in [0.5, 0.6) is 0 Å². The second kappa shape index (κ2) is 4.96. The zero-order valence-corrected chi connectivity index (χ0v) is 7.64. The summed E-state index contributed by atoms with van der Waals surface area (Å²) >= 11 is 0. The molecule has 0 atom stereocenters. The number of carbonyl (C=O) groups excluding carboxylic acids is 1. The zero-order valence-electron chi connectivity index (χ0n) is 7.64. The van der Waals surface area contributed by atoms with Gasteiger partial charge in [0.05, 0.1) is 6.61 Å². The summed E-state index contributed by atoms with van der Waals surface area (Å²) in [7, 11) is 0. The largest absolute Gasteiger partial charge is 0.462 e. The second-order valence-electron chi connectivity index (χ2n) is 3.11. The van der Waals surface area contributed by atoms with Crippen molar-refractivity contribution >= 4 is 5.97 Å². The monoisotopic (exact) mass is 168 g/mol. The first-order valence-electron chi connectivity index (χ1n) is 4.70. The van der Waals surface area contributed by atoms with E-state index in [1.807, 2.05) is 6.08 Å². The Bertz CT molecular complexity index is 182. The third kappa shape index (κ3) is 2.68. The first-order valence-corrected chi connectivity index (χ1v) is 4.70. The summed E-state index contributed by atoms with van der Waals surface area (Å²) in [5.41, 5.74) is 0.884. The molecule has 1 heterocycles. The maximum absolute atomic E-state index is 11.2. The van der Waals surface area contributed by atoms with Crippen LogP contribution in [0.1, 0.15) is 39.0 Å². The number of rotatable bonds is 3. The van der Waals surface area contributed by atoms with Gasteiger partial charge in [-0.15, -0.1) is 0 Å². The standard InChI is InChI=1S/C10H16O2/c1-2-3-6-9-7-4-5-8-12-10(9)11/h7H,2-6,8H2,1H3. The number of ether oxygens (including phenoxy) is 1. The van der Waals surface area contributed by atoms with E-state index < -0.39 is 0 Å². The fourth-order valence-electron chi connectivity index (χ4n) is 1.27. The van der Waals surface area contributed by atoms with Gasteiger partial charge in [0.2, 0.25) is 0 Å². The van der Waals surface area contributed by atoms with E-state index in [1.54, 1.807) is 0 Å². The maximum atomic E-state index is 11.2. The van der Waals surface area contributed by atoms with Crippen LogP contribution < -0.4 is 0 Å². The molecule has 0 saturated heterocycles. The topological polar surface area (TPSA) is 26.3 Å². The molecule has 0 aliphatic carbocycles. The minimum atomic E-state index is -0.0963. The van der Waals surface area contributed by atoms with Crippen molar-refractivity contribution in [2.45, 2.75) is 39.0 Å². The van der Waals surface area contributed by atoms with Gasteiger partial charge in [-0.05, 0) is 25.7 Å². The lowest BCUT2D eigenvalue weighted by molar-refractivity contribution is -0.138. The van der Waals surface area contributed by atoms with E-state index in [4.69, 9.17) is 4.74 Å². The van der Waals surface area contributed by atoms with Crippen LogP contribution in [0.3, 0.4) is 0 Å². The van der Waals surface area contributed by atoms with Crippen molar-refractivity contribution in [2.24, 2.45) is 0 Å². The van der Waals surface area contributed by atoms with Gasteiger partial charge in [0, 0.05) is 5.57 Å². The van der Waals surface area contributed by atoms with E-state index in [0.29, 0.717) is 6.61 Å². The van der Waals surface area contributed by atoms with Gasteiger partial charge in [0.15, 0.2) is 0 Å². The Balaban J connectivity index is 2.45. The molecule has 0 spiro atoms. The molecule has 0 aromatic heterocycles. The van der Waals surface area contributed by atoms with Crippen LogP contribution >= 0.6 is 0 Å². The Hall–Kier alpha value is -0.790. The highest BCUT2D eigenvalue weighted by molar-refractivity contribution is 5.88. The predicted molar refractivity (Wildman–Crippen MR) is 47.8 cm³/mol. The molecule has 1 aliphatic rings. The number of allylic oxidation sites excluding steroid dienone is 1. The van der Waals surface area contributed by atoms with Gasteiger partial charge in [-0.3, -0.25) is 0 Å². The van der Waals surface area contributed by atoms with Crippen molar-refractivity contribution in [3.05, 3.63) is 11.6 Å². The average Bonchev–Trinajstić information content (AvgIpc) is 2.27. The zero-order chi connectivity index (χ0) is 8.81. The lowest BCUT2D eigenvalue weighted by Gasteiger charge is -2.02. The second-order valence-corrected chi connectivity index (χ2v) is 3.11. The van der Waals surface area contributed by atoms with Gasteiger partial charge in [-0.2, -0.15) is 0 Å². The lowest BCUT2D eigenvalue weighted by Crippen LogP contribution is -2.06. The lowest BCUT2D eigenvalue weighted by atomic mass is 10.1. The molecule has 0 saturated carbocycles. The fraction of sp³-hybridized carbons (Fsp3) is 0.700. The van der Waals surface area contributed by atoms with Crippen molar-refractivity contribution in [3.8, 4) is 0 Å². The highest BCUT2D eigenvalue weighted by Gasteiger charge is 2.12. The van der Waals surface area contributed by atoms with Crippen molar-refractivity contribution in [1.29, 1.82) is 0 Å². The van der Waals surface area contributed by atoms with Gasteiger partial charge >= 0.3 is 5.97 Å². The predicted octanol–water partition coefficient (Wildman–Crippen LogP) is 2.44. The highest BCUT2D eigenvalue weighted by atomic mass is 16.5. The molecule has 0 amide bonds. The molecule has 0 aromatic rings. The van der Waals surface area contributed by atoms with E-state index >= 15 is 0 Å². The maximum Gasteiger partial charge on any atom is 0.333 e. The Morgan fingerprint density at radius 1 is 1.58 bits per heavy atom. The van der Waals surface area contributed by atoms with Gasteiger partial charge in [-0.25, -0.2) is 4.79 Å². The van der Waals surface area contributed by atoms with Crippen LogP contribution in [0.25, 0.3) is 0 Å². The van der Waals surface area contributed by atoms with Crippen molar-refractivity contribution in [2.75, 3.05) is 6.61 Å². The number of esters is 1. The van der Waals surface area contributed by atoms with E-state index in [1.165, 1.54) is 0 Å². The summed E-state index contributed by atoms with van der Waals surface area (Å²) in [4.78, 5) is 11.2. The smallest absolute Gasteiger partial charge is 0.333 e. The molecular weight excluding hydrogens is 152 g/mol. The minimum absolute atomic E-state index is 0.0963. The van der Waals surface area contributed by atoms with Gasteiger partial charge in [-0.1, -0.05) is 19.4 Å². The van der Waals surface area contributed by atoms with Crippen molar-refractivity contribution in [1.82, 2.24) is 0 Å². The number of cyclic esters (lactones) is 1. The Kier molecular flexibility index (Phi) is 3.85. The molecule has 12 heavy (non-hydrogen) atoms. The highest BCUT2D eigenvalue weighted by Crippen LogP contribution is 2.14. The van der Waals surface area contributed by atoms with Crippen molar-refractivity contribution < 1.29 is 9.53 Å². The molecule has 0 N–H and O–H groups in total. The normalized spacial score (nSPS) is 18.1. The van der Waals surface area contributed by atoms with Crippen LogP contribution in [0.15, 0.2) is 11.6 Å². The first kappa shape index (κ1) is 9.30. The van der Waals surface area contributed by atoms with Crippen molar-refractivity contribution in [3.63, 3.8) is 0 Å². The number of hydrogen-bond acceptors (Lipinski definition) is 2. The van der Waals surface area contributed by atoms with Crippen LogP contribution in [0.4, 0.5) is 0 Å². The summed E-state index contributed by atoms with van der Waals surface area (Å²) in [5.74, 6) is -0.0963. The first-order chi connectivity index (χ1) is 5.84. The summed E-state index contributed by atoms with van der Waals surface area (Å²) in [5, 5.41) is 0. The Morgan fingerprint density at radius 2 is 2.42 bits per heavy atom. The van der Waals surface area contributed by atoms with Crippen LogP contribution in [0, 0.1) is 0 Å². The molecule has 0 bridgehead atoms.